The predicted molar refractivity (Wildman–Crippen MR) is 80.2 cm³/mol. The Balaban J connectivity index is 2.41. The molecule has 1 N–H and O–H groups in total. The number of amides is 1. The molecule has 0 aliphatic carbocycles. The highest BCUT2D eigenvalue weighted by Crippen LogP contribution is 2.18. The van der Waals surface area contributed by atoms with Crippen LogP contribution < -0.4 is 5.32 Å². The van der Waals surface area contributed by atoms with Crippen molar-refractivity contribution in [3.63, 3.8) is 0 Å². The van der Waals surface area contributed by atoms with E-state index in [0.717, 1.165) is 39.0 Å². The zero-order chi connectivity index (χ0) is 14.4. The molecule has 0 radical (unpaired) electrons. The van der Waals surface area contributed by atoms with Gasteiger partial charge in [0, 0.05) is 44.7 Å². The second kappa shape index (κ2) is 7.85. The minimum absolute atomic E-state index is 0.0769. The molecule has 19 heavy (non-hydrogen) atoms. The minimum atomic E-state index is 0.0769. The number of hydrogen-bond acceptors (Lipinski definition) is 3. The molecule has 0 aromatic heterocycles. The number of carbonyl (C=O) groups excluding carboxylic acids is 1. The lowest BCUT2D eigenvalue weighted by molar-refractivity contribution is -0.136. The number of rotatable bonds is 6. The number of piperidine rings is 1. The molecule has 4 heteroatoms. The van der Waals surface area contributed by atoms with Gasteiger partial charge in [0.15, 0.2) is 0 Å². The van der Waals surface area contributed by atoms with Gasteiger partial charge in [-0.25, -0.2) is 0 Å². The monoisotopic (exact) mass is 269 g/mol. The van der Waals surface area contributed by atoms with E-state index in [1.165, 1.54) is 0 Å². The van der Waals surface area contributed by atoms with E-state index in [1.54, 1.807) is 0 Å². The molecular formula is C15H31N3O. The van der Waals surface area contributed by atoms with Gasteiger partial charge >= 0.3 is 0 Å². The average Bonchev–Trinajstić information content (AvgIpc) is 2.43. The highest BCUT2D eigenvalue weighted by molar-refractivity contribution is 5.78. The van der Waals surface area contributed by atoms with Crippen LogP contribution in [0, 0.1) is 5.92 Å². The van der Waals surface area contributed by atoms with Gasteiger partial charge in [-0.05, 0) is 33.2 Å². The van der Waals surface area contributed by atoms with Crippen LogP contribution in [0.15, 0.2) is 0 Å². The zero-order valence-electron chi connectivity index (χ0n) is 13.3. The van der Waals surface area contributed by atoms with Crippen molar-refractivity contribution in [2.24, 2.45) is 5.92 Å². The normalized spacial score (nSPS) is 19.7. The first-order valence-corrected chi connectivity index (χ1v) is 7.68. The Hall–Kier alpha value is -0.610. The van der Waals surface area contributed by atoms with Gasteiger partial charge in [-0.3, -0.25) is 4.79 Å². The maximum atomic E-state index is 12.3. The molecule has 1 rings (SSSR count). The second-order valence-corrected chi connectivity index (χ2v) is 6.02. The molecule has 1 aliphatic rings. The number of nitrogens with zero attached hydrogens (tertiary/aromatic N) is 2. The third-order valence-electron chi connectivity index (χ3n) is 4.25. The number of nitrogens with one attached hydrogen (secondary N) is 1. The highest BCUT2D eigenvalue weighted by atomic mass is 16.2. The van der Waals surface area contributed by atoms with Crippen LogP contribution in [0.4, 0.5) is 0 Å². The number of hydrogen-bond donors (Lipinski definition) is 1. The first-order chi connectivity index (χ1) is 8.97. The largest absolute Gasteiger partial charge is 0.342 e. The Morgan fingerprint density at radius 2 is 1.89 bits per heavy atom. The summed E-state index contributed by atoms with van der Waals surface area (Å²) < 4.78 is 0. The first-order valence-electron chi connectivity index (χ1n) is 7.68. The lowest BCUT2D eigenvalue weighted by Crippen LogP contribution is -2.49. The summed E-state index contributed by atoms with van der Waals surface area (Å²) in [6, 6.07) is 1.04. The van der Waals surface area contributed by atoms with Crippen molar-refractivity contribution in [1.29, 1.82) is 0 Å². The van der Waals surface area contributed by atoms with Crippen molar-refractivity contribution in [2.45, 2.75) is 52.6 Å². The lowest BCUT2D eigenvalue weighted by Gasteiger charge is -2.39. The van der Waals surface area contributed by atoms with Crippen LogP contribution in [0.25, 0.3) is 0 Å². The summed E-state index contributed by atoms with van der Waals surface area (Å²) in [7, 11) is 1.97. The van der Waals surface area contributed by atoms with E-state index in [9.17, 15) is 4.79 Å². The van der Waals surface area contributed by atoms with Gasteiger partial charge in [-0.2, -0.15) is 0 Å². The summed E-state index contributed by atoms with van der Waals surface area (Å²) in [5, 5.41) is 3.25. The molecular weight excluding hydrogens is 238 g/mol. The van der Waals surface area contributed by atoms with E-state index < -0.39 is 0 Å². The maximum absolute atomic E-state index is 12.3. The summed E-state index contributed by atoms with van der Waals surface area (Å²) in [5.41, 5.74) is 0. The van der Waals surface area contributed by atoms with Crippen LogP contribution in [-0.2, 0) is 4.79 Å². The minimum Gasteiger partial charge on any atom is -0.342 e. The van der Waals surface area contributed by atoms with Gasteiger partial charge in [0.05, 0.1) is 0 Å². The topological polar surface area (TPSA) is 35.6 Å². The van der Waals surface area contributed by atoms with Crippen LogP contribution in [0.3, 0.4) is 0 Å². The Labute approximate surface area is 118 Å². The molecule has 0 bridgehead atoms. The third-order valence-corrected chi connectivity index (χ3v) is 4.25. The first kappa shape index (κ1) is 16.4. The molecule has 1 aliphatic heterocycles. The van der Waals surface area contributed by atoms with Crippen molar-refractivity contribution in [2.75, 3.05) is 33.2 Å². The van der Waals surface area contributed by atoms with Crippen molar-refractivity contribution in [3.05, 3.63) is 0 Å². The summed E-state index contributed by atoms with van der Waals surface area (Å²) in [6.07, 6.45) is 2.21. The van der Waals surface area contributed by atoms with E-state index in [0.29, 0.717) is 12.1 Å². The molecule has 1 unspecified atom stereocenters. The van der Waals surface area contributed by atoms with E-state index in [2.05, 4.69) is 31.0 Å². The SMILES string of the molecule is CCNCC(C)C(=O)N(C)C1CCN(C(C)C)CC1. The quantitative estimate of drug-likeness (QED) is 0.795. The van der Waals surface area contributed by atoms with Crippen LogP contribution in [-0.4, -0.2) is 61.0 Å². The van der Waals surface area contributed by atoms with Crippen molar-refractivity contribution in [1.82, 2.24) is 15.1 Å². The molecule has 0 saturated carbocycles. The van der Waals surface area contributed by atoms with Crippen LogP contribution in [0.1, 0.15) is 40.5 Å². The fraction of sp³-hybridized carbons (Fsp3) is 0.933. The van der Waals surface area contributed by atoms with Crippen LogP contribution >= 0.6 is 0 Å². The zero-order valence-corrected chi connectivity index (χ0v) is 13.3. The summed E-state index contributed by atoms with van der Waals surface area (Å²) in [4.78, 5) is 16.8. The average molecular weight is 269 g/mol. The summed E-state index contributed by atoms with van der Waals surface area (Å²) >= 11 is 0. The fourth-order valence-electron chi connectivity index (χ4n) is 2.77. The molecule has 1 amide bonds. The molecule has 4 nitrogen and oxygen atoms in total. The van der Waals surface area contributed by atoms with Gasteiger partial charge in [0.1, 0.15) is 0 Å². The van der Waals surface area contributed by atoms with Gasteiger partial charge in [0.2, 0.25) is 5.91 Å². The molecule has 1 atom stereocenters. The summed E-state index contributed by atoms with van der Waals surface area (Å²) in [5.74, 6) is 0.358. The van der Waals surface area contributed by atoms with E-state index in [1.807, 2.05) is 18.9 Å². The van der Waals surface area contributed by atoms with Crippen LogP contribution in [0.2, 0.25) is 0 Å². The standard InChI is InChI=1S/C15H31N3O/c1-6-16-11-13(4)15(19)17(5)14-7-9-18(10-8-14)12(2)3/h12-14,16H,6-11H2,1-5H3. The molecule has 0 aromatic carbocycles. The predicted octanol–water partition coefficient (Wildman–Crippen LogP) is 1.56. The molecule has 1 fully saturated rings. The Morgan fingerprint density at radius 3 is 2.37 bits per heavy atom. The van der Waals surface area contributed by atoms with Crippen molar-refractivity contribution < 1.29 is 4.79 Å². The van der Waals surface area contributed by atoms with Gasteiger partial charge in [-0.1, -0.05) is 13.8 Å². The molecule has 0 aromatic rings. The maximum Gasteiger partial charge on any atom is 0.226 e. The summed E-state index contributed by atoms with van der Waals surface area (Å²) in [6.45, 7) is 12.5. The molecule has 112 valence electrons. The third kappa shape index (κ3) is 4.77. The lowest BCUT2D eigenvalue weighted by atomic mass is 10.0. The number of likely N-dealkylation sites (tertiary alicyclic amines) is 1. The Kier molecular flexibility index (Phi) is 6.80. The van der Waals surface area contributed by atoms with Crippen molar-refractivity contribution >= 4 is 5.91 Å². The highest BCUT2D eigenvalue weighted by Gasteiger charge is 2.28. The molecule has 1 heterocycles. The fourth-order valence-corrected chi connectivity index (χ4v) is 2.77. The van der Waals surface area contributed by atoms with Gasteiger partial charge in [0.25, 0.3) is 0 Å². The Bertz CT molecular complexity index is 273. The van der Waals surface area contributed by atoms with E-state index in [4.69, 9.17) is 0 Å². The van der Waals surface area contributed by atoms with Gasteiger partial charge in [-0.15, -0.1) is 0 Å². The van der Waals surface area contributed by atoms with E-state index >= 15 is 0 Å². The second-order valence-electron chi connectivity index (χ2n) is 6.02. The Morgan fingerprint density at radius 1 is 1.32 bits per heavy atom. The number of carbonyl (C=O) groups is 1. The molecule has 1 saturated heterocycles. The molecule has 0 spiro atoms. The van der Waals surface area contributed by atoms with E-state index in [-0.39, 0.29) is 11.8 Å². The van der Waals surface area contributed by atoms with Crippen molar-refractivity contribution in [3.8, 4) is 0 Å². The van der Waals surface area contributed by atoms with Gasteiger partial charge < -0.3 is 15.1 Å². The smallest absolute Gasteiger partial charge is 0.226 e. The van der Waals surface area contributed by atoms with Crippen LogP contribution in [0.5, 0.6) is 0 Å².